The Bertz CT molecular complexity index is 1210. The summed E-state index contributed by atoms with van der Waals surface area (Å²) in [6.45, 7) is 2.64. The van der Waals surface area contributed by atoms with Gasteiger partial charge in [0, 0.05) is 10.9 Å². The molecule has 0 atom stereocenters. The molecule has 3 heterocycles. The summed E-state index contributed by atoms with van der Waals surface area (Å²) in [5, 5.41) is 3.39. The predicted octanol–water partition coefficient (Wildman–Crippen LogP) is 5.35. The van der Waals surface area contributed by atoms with Gasteiger partial charge in [-0.15, -0.1) is 11.3 Å². The van der Waals surface area contributed by atoms with Crippen LogP contribution in [0.4, 0.5) is 5.00 Å². The summed E-state index contributed by atoms with van der Waals surface area (Å²) in [4.78, 5) is 26.8. The zero-order valence-electron chi connectivity index (χ0n) is 18.8. The number of aryl methyl sites for hydroxylation is 1. The molecule has 3 aromatic rings. The first kappa shape index (κ1) is 22.3. The van der Waals surface area contributed by atoms with Crippen molar-refractivity contribution in [1.82, 2.24) is 0 Å². The van der Waals surface area contributed by atoms with Crippen molar-refractivity contribution < 1.29 is 33.0 Å². The maximum absolute atomic E-state index is 12.9. The number of hydrogen-bond donors (Lipinski definition) is 1. The Labute approximate surface area is 200 Å². The van der Waals surface area contributed by atoms with E-state index < -0.39 is 5.91 Å². The van der Waals surface area contributed by atoms with Gasteiger partial charge in [-0.05, 0) is 61.9 Å². The molecule has 1 amide bonds. The minimum atomic E-state index is -0.419. The van der Waals surface area contributed by atoms with E-state index in [0.717, 1.165) is 42.5 Å². The van der Waals surface area contributed by atoms with E-state index in [0.29, 0.717) is 40.2 Å². The van der Waals surface area contributed by atoms with E-state index in [1.165, 1.54) is 11.3 Å². The second kappa shape index (κ2) is 9.80. The lowest BCUT2D eigenvalue weighted by molar-refractivity contribution is 0.0505. The molecule has 0 saturated carbocycles. The highest BCUT2D eigenvalue weighted by Gasteiger charge is 2.28. The maximum Gasteiger partial charge on any atom is 0.341 e. The average molecular weight is 484 g/mol. The Hall–Kier alpha value is -3.46. The number of nitrogens with one attached hydrogen (secondary N) is 1. The Morgan fingerprint density at radius 3 is 2.82 bits per heavy atom. The zero-order chi connectivity index (χ0) is 23.5. The molecule has 0 spiro atoms. The summed E-state index contributed by atoms with van der Waals surface area (Å²) in [5.74, 6) is 1.75. The molecule has 0 saturated heterocycles. The number of thiophene rings is 1. The normalized spacial score (nSPS) is 13.9. The van der Waals surface area contributed by atoms with Crippen LogP contribution in [0.25, 0.3) is 0 Å². The maximum atomic E-state index is 12.9. The quantitative estimate of drug-likeness (QED) is 0.432. The van der Waals surface area contributed by atoms with E-state index in [1.807, 2.05) is 6.92 Å². The molecule has 5 rings (SSSR count). The van der Waals surface area contributed by atoms with Gasteiger partial charge >= 0.3 is 5.97 Å². The van der Waals surface area contributed by atoms with Crippen molar-refractivity contribution in [3.63, 3.8) is 0 Å². The van der Waals surface area contributed by atoms with Crippen molar-refractivity contribution in [3.05, 3.63) is 57.9 Å². The van der Waals surface area contributed by atoms with E-state index >= 15 is 0 Å². The first-order valence-corrected chi connectivity index (χ1v) is 12.2. The van der Waals surface area contributed by atoms with Crippen molar-refractivity contribution in [2.24, 2.45) is 0 Å². The molecule has 0 fully saturated rings. The summed E-state index contributed by atoms with van der Waals surface area (Å²) in [6, 6.07) is 8.59. The van der Waals surface area contributed by atoms with Gasteiger partial charge in [0.2, 0.25) is 6.79 Å². The van der Waals surface area contributed by atoms with Gasteiger partial charge in [0.1, 0.15) is 23.1 Å². The van der Waals surface area contributed by atoms with Crippen molar-refractivity contribution in [3.8, 4) is 17.2 Å². The summed E-state index contributed by atoms with van der Waals surface area (Å²) in [7, 11) is 0. The molecule has 1 aliphatic heterocycles. The average Bonchev–Trinajstić information content (AvgIpc) is 3.58. The molecule has 2 aromatic heterocycles. The molecule has 1 aromatic carbocycles. The molecule has 1 aliphatic carbocycles. The number of carbonyl (C=O) groups excluding carboxylic acids is 2. The van der Waals surface area contributed by atoms with E-state index in [9.17, 15) is 9.59 Å². The number of esters is 1. The van der Waals surface area contributed by atoms with Crippen LogP contribution in [0, 0.1) is 0 Å². The molecular formula is C25H25NO7S. The van der Waals surface area contributed by atoms with Gasteiger partial charge in [-0.1, -0.05) is 6.92 Å². The summed E-state index contributed by atoms with van der Waals surface area (Å²) in [6.07, 6.45) is 4.57. The smallest absolute Gasteiger partial charge is 0.341 e. The lowest BCUT2D eigenvalue weighted by Gasteiger charge is -2.12. The monoisotopic (exact) mass is 483 g/mol. The zero-order valence-corrected chi connectivity index (χ0v) is 19.6. The fourth-order valence-electron chi connectivity index (χ4n) is 4.00. The van der Waals surface area contributed by atoms with Crippen LogP contribution in [0.1, 0.15) is 63.3 Å². The lowest BCUT2D eigenvalue weighted by atomic mass is 9.95. The molecule has 34 heavy (non-hydrogen) atoms. The van der Waals surface area contributed by atoms with E-state index in [2.05, 4.69) is 5.32 Å². The van der Waals surface area contributed by atoms with Crippen LogP contribution in [0.2, 0.25) is 0 Å². The fourth-order valence-corrected chi connectivity index (χ4v) is 5.27. The standard InChI is InChI=1S/C25H25NO7S/c1-2-11-29-25(28)22-17-5-3-4-6-21(17)34-24(22)26-23(27)19-10-8-16(33-19)13-30-15-7-9-18-20(12-15)32-14-31-18/h7-10,12H,2-6,11,13-14H2,1H3,(H,26,27). The Morgan fingerprint density at radius 1 is 1.09 bits per heavy atom. The second-order valence-corrected chi connectivity index (χ2v) is 9.18. The molecule has 0 radical (unpaired) electrons. The number of anilines is 1. The second-order valence-electron chi connectivity index (χ2n) is 8.07. The van der Waals surface area contributed by atoms with Crippen LogP contribution >= 0.6 is 11.3 Å². The SMILES string of the molecule is CCCOC(=O)c1c(NC(=O)c2ccc(COc3ccc4c(c3)OCO4)o2)sc2c1CCCC2. The number of rotatable bonds is 8. The van der Waals surface area contributed by atoms with Gasteiger partial charge < -0.3 is 28.7 Å². The number of ether oxygens (including phenoxy) is 4. The topological polar surface area (TPSA) is 96.2 Å². The molecule has 2 aliphatic rings. The fraction of sp³-hybridized carbons (Fsp3) is 0.360. The highest BCUT2D eigenvalue weighted by atomic mass is 32.1. The van der Waals surface area contributed by atoms with Crippen LogP contribution in [0.15, 0.2) is 34.7 Å². The van der Waals surface area contributed by atoms with Gasteiger partial charge in [-0.3, -0.25) is 4.79 Å². The highest BCUT2D eigenvalue weighted by Crippen LogP contribution is 2.39. The number of furan rings is 1. The largest absolute Gasteiger partial charge is 0.486 e. The van der Waals surface area contributed by atoms with Gasteiger partial charge in [-0.25, -0.2) is 4.79 Å². The molecular weight excluding hydrogens is 458 g/mol. The third kappa shape index (κ3) is 4.61. The van der Waals surface area contributed by atoms with Crippen LogP contribution in [0.3, 0.4) is 0 Å². The molecule has 1 N–H and O–H groups in total. The van der Waals surface area contributed by atoms with Crippen LogP contribution < -0.4 is 19.5 Å². The molecule has 8 nitrogen and oxygen atoms in total. The summed E-state index contributed by atoms with van der Waals surface area (Å²) >= 11 is 1.45. The lowest BCUT2D eigenvalue weighted by Crippen LogP contribution is -2.15. The van der Waals surface area contributed by atoms with Crippen LogP contribution in [0.5, 0.6) is 17.2 Å². The third-order valence-corrected chi connectivity index (χ3v) is 6.86. The van der Waals surface area contributed by atoms with Crippen LogP contribution in [-0.2, 0) is 24.2 Å². The molecule has 0 unspecified atom stereocenters. The Balaban J connectivity index is 1.27. The van der Waals surface area contributed by atoms with Crippen molar-refractivity contribution in [1.29, 1.82) is 0 Å². The predicted molar refractivity (Wildman–Crippen MR) is 125 cm³/mol. The van der Waals surface area contributed by atoms with E-state index in [1.54, 1.807) is 30.3 Å². The van der Waals surface area contributed by atoms with E-state index in [-0.39, 0.29) is 25.1 Å². The van der Waals surface area contributed by atoms with E-state index in [4.69, 9.17) is 23.4 Å². The number of hydrogen-bond acceptors (Lipinski definition) is 8. The minimum Gasteiger partial charge on any atom is -0.486 e. The van der Waals surface area contributed by atoms with Gasteiger partial charge in [0.15, 0.2) is 17.3 Å². The van der Waals surface area contributed by atoms with Crippen molar-refractivity contribution >= 4 is 28.2 Å². The minimum absolute atomic E-state index is 0.142. The van der Waals surface area contributed by atoms with Crippen molar-refractivity contribution in [2.45, 2.75) is 45.6 Å². The first-order valence-electron chi connectivity index (χ1n) is 11.4. The number of amides is 1. The number of fused-ring (bicyclic) bond motifs is 2. The summed E-state index contributed by atoms with van der Waals surface area (Å²) in [5.41, 5.74) is 1.49. The third-order valence-electron chi connectivity index (χ3n) is 5.65. The van der Waals surface area contributed by atoms with Gasteiger partial charge in [0.05, 0.1) is 12.2 Å². The van der Waals surface area contributed by atoms with Gasteiger partial charge in [-0.2, -0.15) is 0 Å². The summed E-state index contributed by atoms with van der Waals surface area (Å²) < 4.78 is 27.5. The Kier molecular flexibility index (Phi) is 6.44. The van der Waals surface area contributed by atoms with Crippen molar-refractivity contribution in [2.75, 3.05) is 18.7 Å². The van der Waals surface area contributed by atoms with Gasteiger partial charge in [0.25, 0.3) is 5.91 Å². The Morgan fingerprint density at radius 2 is 1.94 bits per heavy atom. The molecule has 9 heteroatoms. The number of carbonyl (C=O) groups is 2. The molecule has 178 valence electrons. The highest BCUT2D eigenvalue weighted by molar-refractivity contribution is 7.17. The van der Waals surface area contributed by atoms with Crippen LogP contribution in [-0.4, -0.2) is 25.3 Å². The molecule has 0 bridgehead atoms. The first-order chi connectivity index (χ1) is 16.6. The number of benzene rings is 1.